The highest BCUT2D eigenvalue weighted by molar-refractivity contribution is 6.01. The maximum Gasteiger partial charge on any atom is 0.326 e. The fourth-order valence-corrected chi connectivity index (χ4v) is 2.97. The van der Waals surface area contributed by atoms with Crippen LogP contribution in [0.3, 0.4) is 0 Å². The Morgan fingerprint density at radius 1 is 0.852 bits per heavy atom. The fraction of sp³-hybridized carbons (Fsp3) is 0.136. The van der Waals surface area contributed by atoms with Gasteiger partial charge in [-0.25, -0.2) is 4.79 Å². The molecule has 3 aromatic carbocycles. The van der Waals surface area contributed by atoms with Crippen LogP contribution in [0, 0.1) is 0 Å². The molecule has 0 unspecified atom stereocenters. The van der Waals surface area contributed by atoms with Gasteiger partial charge in [-0.15, -0.1) is 0 Å². The average Bonchev–Trinajstić information content (AvgIpc) is 2.73. The first-order valence-corrected chi connectivity index (χ1v) is 8.87. The Morgan fingerprint density at radius 2 is 1.52 bits per heavy atom. The quantitative estimate of drug-likeness (QED) is 0.734. The van der Waals surface area contributed by atoms with Crippen molar-refractivity contribution in [3.05, 3.63) is 84.4 Å². The van der Waals surface area contributed by atoms with Gasteiger partial charge in [0.15, 0.2) is 11.5 Å². The van der Waals surface area contributed by atoms with Crippen LogP contribution in [-0.4, -0.2) is 19.2 Å². The number of hydrogen-bond acceptors (Lipinski definition) is 3. The summed E-state index contributed by atoms with van der Waals surface area (Å²) in [6.45, 7) is 1.52. The molecule has 0 aromatic heterocycles. The van der Waals surface area contributed by atoms with E-state index < -0.39 is 0 Å². The second-order valence-electron chi connectivity index (χ2n) is 6.20. The maximum absolute atomic E-state index is 13.0. The minimum atomic E-state index is -0.207. The van der Waals surface area contributed by atoms with Crippen LogP contribution in [-0.2, 0) is 6.54 Å². The van der Waals surface area contributed by atoms with Gasteiger partial charge in [0.2, 0.25) is 0 Å². The van der Waals surface area contributed by atoms with Gasteiger partial charge in [0.1, 0.15) is 13.2 Å². The molecule has 27 heavy (non-hydrogen) atoms. The number of fused-ring (bicyclic) bond motifs is 1. The van der Waals surface area contributed by atoms with E-state index in [0.29, 0.717) is 36.9 Å². The SMILES string of the molecule is O=C(Nc1ccc2c(c1)OCCO2)N(Cc1ccccc1)c1ccccc1. The van der Waals surface area contributed by atoms with Gasteiger partial charge in [0.05, 0.1) is 6.54 Å². The van der Waals surface area contributed by atoms with E-state index in [9.17, 15) is 4.79 Å². The number of nitrogens with one attached hydrogen (secondary N) is 1. The maximum atomic E-state index is 13.0. The smallest absolute Gasteiger partial charge is 0.326 e. The van der Waals surface area contributed by atoms with Gasteiger partial charge in [-0.2, -0.15) is 0 Å². The third-order valence-electron chi connectivity index (χ3n) is 4.29. The van der Waals surface area contributed by atoms with Crippen LogP contribution in [0.1, 0.15) is 5.56 Å². The number of anilines is 2. The topological polar surface area (TPSA) is 50.8 Å². The number of benzene rings is 3. The van der Waals surface area contributed by atoms with Gasteiger partial charge in [0, 0.05) is 17.4 Å². The largest absolute Gasteiger partial charge is 0.486 e. The minimum absolute atomic E-state index is 0.207. The first-order valence-electron chi connectivity index (χ1n) is 8.87. The van der Waals surface area contributed by atoms with E-state index in [-0.39, 0.29) is 6.03 Å². The van der Waals surface area contributed by atoms with Gasteiger partial charge >= 0.3 is 6.03 Å². The van der Waals surface area contributed by atoms with E-state index >= 15 is 0 Å². The van der Waals surface area contributed by atoms with Crippen molar-refractivity contribution in [3.8, 4) is 11.5 Å². The number of urea groups is 1. The van der Waals surface area contributed by atoms with Crippen molar-refractivity contribution >= 4 is 17.4 Å². The van der Waals surface area contributed by atoms with Gasteiger partial charge in [0.25, 0.3) is 0 Å². The Balaban J connectivity index is 1.57. The molecule has 0 saturated heterocycles. The standard InChI is InChI=1S/C22H20N2O3/c25-22(23-18-11-12-20-21(15-18)27-14-13-26-20)24(19-9-5-2-6-10-19)16-17-7-3-1-4-8-17/h1-12,15H,13-14,16H2,(H,23,25). The van der Waals surface area contributed by atoms with Crippen molar-refractivity contribution in [3.63, 3.8) is 0 Å². The molecule has 136 valence electrons. The van der Waals surface area contributed by atoms with E-state index in [2.05, 4.69) is 5.32 Å². The molecule has 0 bridgehead atoms. The highest BCUT2D eigenvalue weighted by Crippen LogP contribution is 2.32. The van der Waals surface area contributed by atoms with Crippen LogP contribution >= 0.6 is 0 Å². The van der Waals surface area contributed by atoms with Crippen LogP contribution in [0.2, 0.25) is 0 Å². The molecule has 1 aliphatic rings. The molecule has 3 aromatic rings. The Bertz CT molecular complexity index is 913. The number of hydrogen-bond donors (Lipinski definition) is 1. The third-order valence-corrected chi connectivity index (χ3v) is 4.29. The highest BCUT2D eigenvalue weighted by Gasteiger charge is 2.18. The number of amides is 2. The Hall–Kier alpha value is -3.47. The van der Waals surface area contributed by atoms with Crippen LogP contribution in [0.5, 0.6) is 11.5 Å². The number of carbonyl (C=O) groups is 1. The number of carbonyl (C=O) groups excluding carboxylic acids is 1. The molecular weight excluding hydrogens is 340 g/mol. The summed E-state index contributed by atoms with van der Waals surface area (Å²) >= 11 is 0. The number of ether oxygens (including phenoxy) is 2. The summed E-state index contributed by atoms with van der Waals surface area (Å²) in [5.74, 6) is 1.34. The van der Waals surface area contributed by atoms with Crippen LogP contribution in [0.4, 0.5) is 16.2 Å². The normalized spacial score (nSPS) is 12.3. The monoisotopic (exact) mass is 360 g/mol. The molecule has 0 radical (unpaired) electrons. The third kappa shape index (κ3) is 4.03. The molecule has 1 aliphatic heterocycles. The molecular formula is C22H20N2O3. The van der Waals surface area contributed by atoms with Gasteiger partial charge in [-0.05, 0) is 29.8 Å². The summed E-state index contributed by atoms with van der Waals surface area (Å²) in [6, 6.07) is 24.8. The second kappa shape index (κ2) is 7.83. The van der Waals surface area contributed by atoms with Crippen LogP contribution in [0.15, 0.2) is 78.9 Å². The van der Waals surface area contributed by atoms with E-state index in [0.717, 1.165) is 11.3 Å². The lowest BCUT2D eigenvalue weighted by Crippen LogP contribution is -2.34. The molecule has 5 nitrogen and oxygen atoms in total. The molecule has 1 N–H and O–H groups in total. The number of para-hydroxylation sites is 1. The van der Waals surface area contributed by atoms with Crippen molar-refractivity contribution in [1.82, 2.24) is 0 Å². The summed E-state index contributed by atoms with van der Waals surface area (Å²) in [7, 11) is 0. The molecule has 5 heteroatoms. The predicted molar refractivity (Wildman–Crippen MR) is 106 cm³/mol. The summed E-state index contributed by atoms with van der Waals surface area (Å²) in [5.41, 5.74) is 2.55. The van der Waals surface area contributed by atoms with Crippen molar-refractivity contribution in [2.24, 2.45) is 0 Å². The lowest BCUT2D eigenvalue weighted by molar-refractivity contribution is 0.171. The lowest BCUT2D eigenvalue weighted by Gasteiger charge is -2.24. The zero-order valence-corrected chi connectivity index (χ0v) is 14.8. The second-order valence-corrected chi connectivity index (χ2v) is 6.20. The Kier molecular flexibility index (Phi) is 4.92. The molecule has 0 saturated carbocycles. The van der Waals surface area contributed by atoms with Crippen molar-refractivity contribution in [1.29, 1.82) is 0 Å². The van der Waals surface area contributed by atoms with E-state index in [1.54, 1.807) is 11.0 Å². The molecule has 0 spiro atoms. The first kappa shape index (κ1) is 17.0. The number of rotatable bonds is 4. The number of nitrogens with zero attached hydrogens (tertiary/aromatic N) is 1. The minimum Gasteiger partial charge on any atom is -0.486 e. The van der Waals surface area contributed by atoms with Crippen molar-refractivity contribution in [2.45, 2.75) is 6.54 Å². The average molecular weight is 360 g/mol. The highest BCUT2D eigenvalue weighted by atomic mass is 16.6. The van der Waals surface area contributed by atoms with Gasteiger partial charge in [-0.1, -0.05) is 48.5 Å². The molecule has 0 aliphatic carbocycles. The predicted octanol–water partition coefficient (Wildman–Crippen LogP) is 4.70. The lowest BCUT2D eigenvalue weighted by atomic mass is 10.2. The summed E-state index contributed by atoms with van der Waals surface area (Å²) in [4.78, 5) is 14.7. The summed E-state index contributed by atoms with van der Waals surface area (Å²) < 4.78 is 11.1. The zero-order valence-electron chi connectivity index (χ0n) is 14.8. The van der Waals surface area contributed by atoms with Crippen LogP contribution in [0.25, 0.3) is 0 Å². The molecule has 0 atom stereocenters. The van der Waals surface area contributed by atoms with E-state index in [1.165, 1.54) is 0 Å². The Labute approximate surface area is 158 Å². The van der Waals surface area contributed by atoms with E-state index in [1.807, 2.05) is 72.8 Å². The molecule has 0 fully saturated rings. The summed E-state index contributed by atoms with van der Waals surface area (Å²) in [5, 5.41) is 2.96. The zero-order chi connectivity index (χ0) is 18.5. The Morgan fingerprint density at radius 3 is 2.26 bits per heavy atom. The molecule has 1 heterocycles. The summed E-state index contributed by atoms with van der Waals surface area (Å²) in [6.07, 6.45) is 0. The fourth-order valence-electron chi connectivity index (χ4n) is 2.97. The first-order chi connectivity index (χ1) is 13.3. The van der Waals surface area contributed by atoms with Crippen LogP contribution < -0.4 is 19.7 Å². The van der Waals surface area contributed by atoms with Crippen molar-refractivity contribution in [2.75, 3.05) is 23.4 Å². The van der Waals surface area contributed by atoms with Gasteiger partial charge < -0.3 is 14.8 Å². The van der Waals surface area contributed by atoms with Gasteiger partial charge in [-0.3, -0.25) is 4.90 Å². The molecule has 2 amide bonds. The molecule has 4 rings (SSSR count). The van der Waals surface area contributed by atoms with Crippen molar-refractivity contribution < 1.29 is 14.3 Å². The van der Waals surface area contributed by atoms with E-state index in [4.69, 9.17) is 9.47 Å².